The number of halogens is 6. The Hall–Kier alpha value is -2.18. The van der Waals surface area contributed by atoms with Crippen molar-refractivity contribution in [1.82, 2.24) is 0 Å². The van der Waals surface area contributed by atoms with Gasteiger partial charge in [-0.3, -0.25) is 0 Å². The fraction of sp³-hybridized carbons (Fsp3) is 0.250. The van der Waals surface area contributed by atoms with Crippen LogP contribution in [0.3, 0.4) is 0 Å². The Kier molecular flexibility index (Phi) is 4.32. The van der Waals surface area contributed by atoms with Crippen molar-refractivity contribution in [1.29, 1.82) is 0 Å². The fourth-order valence-corrected chi connectivity index (χ4v) is 2.51. The van der Waals surface area contributed by atoms with Gasteiger partial charge < -0.3 is 4.74 Å². The Morgan fingerprint density at radius 2 is 1.09 bits per heavy atom. The van der Waals surface area contributed by atoms with Crippen LogP contribution >= 0.6 is 0 Å². The molecule has 2 aromatic carbocycles. The van der Waals surface area contributed by atoms with E-state index in [1.165, 1.54) is 13.2 Å². The van der Waals surface area contributed by atoms with Crippen LogP contribution in [0.1, 0.15) is 11.1 Å². The molecule has 2 rings (SSSR count). The first-order valence-electron chi connectivity index (χ1n) is 6.48. The zero-order chi connectivity index (χ0) is 17.3. The number of hydrogen-bond donors (Lipinski definition) is 0. The topological polar surface area (TPSA) is 9.23 Å². The molecule has 0 radical (unpaired) electrons. The van der Waals surface area contributed by atoms with E-state index in [-0.39, 0.29) is 5.75 Å². The van der Waals surface area contributed by atoms with E-state index in [9.17, 15) is 26.3 Å². The van der Waals surface area contributed by atoms with E-state index in [0.717, 1.165) is 48.5 Å². The smallest absolute Gasteiger partial charge is 0.411 e. The molecule has 124 valence electrons. The summed E-state index contributed by atoms with van der Waals surface area (Å²) in [6, 6.07) is 9.01. The van der Waals surface area contributed by atoms with Crippen molar-refractivity contribution in [3.8, 4) is 5.75 Å². The number of rotatable bonds is 3. The molecule has 7 heteroatoms. The van der Waals surface area contributed by atoms with E-state index in [2.05, 4.69) is 0 Å². The van der Waals surface area contributed by atoms with E-state index in [0.29, 0.717) is 0 Å². The minimum atomic E-state index is -5.57. The Balaban J connectivity index is 2.82. The van der Waals surface area contributed by atoms with Crippen LogP contribution in [-0.4, -0.2) is 19.5 Å². The van der Waals surface area contributed by atoms with Gasteiger partial charge in [0.25, 0.3) is 0 Å². The molecule has 0 saturated heterocycles. The van der Waals surface area contributed by atoms with Crippen LogP contribution < -0.4 is 4.74 Å². The number of hydrogen-bond acceptors (Lipinski definition) is 1. The van der Waals surface area contributed by atoms with Gasteiger partial charge in [-0.15, -0.1) is 0 Å². The Labute approximate surface area is 128 Å². The monoisotopic (exact) mass is 334 g/mol. The average molecular weight is 334 g/mol. The maximum Gasteiger partial charge on any atom is 0.411 e. The van der Waals surface area contributed by atoms with Gasteiger partial charge in [0, 0.05) is 0 Å². The summed E-state index contributed by atoms with van der Waals surface area (Å²) >= 11 is 0. The second-order valence-electron chi connectivity index (χ2n) is 4.84. The highest BCUT2D eigenvalue weighted by molar-refractivity contribution is 5.45. The fourth-order valence-electron chi connectivity index (χ4n) is 2.51. The largest absolute Gasteiger partial charge is 0.497 e. The highest BCUT2D eigenvalue weighted by atomic mass is 19.4. The van der Waals surface area contributed by atoms with E-state index >= 15 is 0 Å². The summed E-state index contributed by atoms with van der Waals surface area (Å²) in [6.45, 7) is 0. The summed E-state index contributed by atoms with van der Waals surface area (Å²) in [5.41, 5.74) is -5.90. The maximum absolute atomic E-state index is 13.7. The Bertz CT molecular complexity index is 629. The molecule has 1 nitrogen and oxygen atoms in total. The van der Waals surface area contributed by atoms with Crippen molar-refractivity contribution in [3.63, 3.8) is 0 Å². The molecule has 0 heterocycles. The Morgan fingerprint density at radius 1 is 0.652 bits per heavy atom. The highest BCUT2D eigenvalue weighted by Gasteiger charge is 2.72. The van der Waals surface area contributed by atoms with E-state index in [4.69, 9.17) is 4.74 Å². The van der Waals surface area contributed by atoms with Crippen molar-refractivity contribution in [3.05, 3.63) is 65.7 Å². The molecule has 0 N–H and O–H groups in total. The van der Waals surface area contributed by atoms with Crippen LogP contribution in [0.4, 0.5) is 26.3 Å². The van der Waals surface area contributed by atoms with Gasteiger partial charge in [0.15, 0.2) is 0 Å². The Morgan fingerprint density at radius 3 is 1.48 bits per heavy atom. The molecule has 23 heavy (non-hydrogen) atoms. The summed E-state index contributed by atoms with van der Waals surface area (Å²) in [5.74, 6) is 0.167. The molecule has 2 aromatic rings. The summed E-state index contributed by atoms with van der Waals surface area (Å²) in [4.78, 5) is 0. The van der Waals surface area contributed by atoms with Gasteiger partial charge >= 0.3 is 12.4 Å². The van der Waals surface area contributed by atoms with Crippen LogP contribution in [0.15, 0.2) is 54.6 Å². The molecule has 0 amide bonds. The van der Waals surface area contributed by atoms with Crippen molar-refractivity contribution in [2.75, 3.05) is 7.11 Å². The lowest BCUT2D eigenvalue weighted by Crippen LogP contribution is -2.54. The molecule has 0 saturated carbocycles. The molecule has 0 aliphatic heterocycles. The van der Waals surface area contributed by atoms with Gasteiger partial charge in [-0.25, -0.2) is 0 Å². The number of alkyl halides is 6. The molecule has 0 aromatic heterocycles. The third-order valence-electron chi connectivity index (χ3n) is 3.58. The zero-order valence-corrected chi connectivity index (χ0v) is 11.9. The molecular formula is C16H12F6O. The van der Waals surface area contributed by atoms with Gasteiger partial charge in [-0.2, -0.15) is 26.3 Å². The number of ether oxygens (including phenoxy) is 1. The third kappa shape index (κ3) is 2.75. The SMILES string of the molecule is COc1ccc(C(c2ccccc2)(C(F)(F)F)C(F)(F)F)cc1. The van der Waals surface area contributed by atoms with Crippen LogP contribution in [-0.2, 0) is 5.41 Å². The lowest BCUT2D eigenvalue weighted by atomic mass is 9.73. The minimum absolute atomic E-state index is 0.167. The summed E-state index contributed by atoms with van der Waals surface area (Å²) < 4.78 is 86.8. The first-order valence-corrected chi connectivity index (χ1v) is 6.48. The van der Waals surface area contributed by atoms with Crippen molar-refractivity contribution < 1.29 is 31.1 Å². The molecule has 0 aliphatic rings. The standard InChI is InChI=1S/C16H12F6O/c1-23-13-9-7-12(8-10-13)14(15(17,18)19,16(20,21)22)11-5-3-2-4-6-11/h2-10H,1H3. The van der Waals surface area contributed by atoms with Gasteiger partial charge in [0.05, 0.1) is 7.11 Å². The van der Waals surface area contributed by atoms with Crippen molar-refractivity contribution in [2.45, 2.75) is 17.8 Å². The van der Waals surface area contributed by atoms with Crippen molar-refractivity contribution in [2.24, 2.45) is 0 Å². The first kappa shape index (κ1) is 17.2. The lowest BCUT2D eigenvalue weighted by Gasteiger charge is -2.38. The normalized spacial score (nSPS) is 13.0. The van der Waals surface area contributed by atoms with E-state index < -0.39 is 28.9 Å². The predicted molar refractivity (Wildman–Crippen MR) is 72.3 cm³/mol. The second kappa shape index (κ2) is 5.79. The molecule has 0 atom stereocenters. The molecular weight excluding hydrogens is 322 g/mol. The molecule has 0 bridgehead atoms. The number of methoxy groups -OCH3 is 1. The second-order valence-corrected chi connectivity index (χ2v) is 4.84. The quantitative estimate of drug-likeness (QED) is 0.709. The van der Waals surface area contributed by atoms with E-state index in [1.807, 2.05) is 0 Å². The lowest BCUT2D eigenvalue weighted by molar-refractivity contribution is -0.288. The predicted octanol–water partition coefficient (Wildman–Crippen LogP) is 5.11. The van der Waals surface area contributed by atoms with E-state index in [1.54, 1.807) is 0 Å². The third-order valence-corrected chi connectivity index (χ3v) is 3.58. The highest BCUT2D eigenvalue weighted by Crippen LogP contribution is 2.56. The minimum Gasteiger partial charge on any atom is -0.497 e. The van der Waals surface area contributed by atoms with Crippen LogP contribution in [0.2, 0.25) is 0 Å². The first-order chi connectivity index (χ1) is 10.6. The molecule has 0 spiro atoms. The average Bonchev–Trinajstić information content (AvgIpc) is 2.47. The van der Waals surface area contributed by atoms with Gasteiger partial charge in [-0.1, -0.05) is 42.5 Å². The zero-order valence-electron chi connectivity index (χ0n) is 11.9. The van der Waals surface area contributed by atoms with Crippen LogP contribution in [0.5, 0.6) is 5.75 Å². The van der Waals surface area contributed by atoms with Gasteiger partial charge in [0.2, 0.25) is 5.41 Å². The maximum atomic E-state index is 13.7. The van der Waals surface area contributed by atoms with Gasteiger partial charge in [-0.05, 0) is 23.3 Å². The van der Waals surface area contributed by atoms with Crippen molar-refractivity contribution >= 4 is 0 Å². The molecule has 0 aliphatic carbocycles. The summed E-state index contributed by atoms with van der Waals surface area (Å²) in [5, 5.41) is 0. The molecule has 0 fully saturated rings. The van der Waals surface area contributed by atoms with Gasteiger partial charge in [0.1, 0.15) is 5.75 Å². The summed E-state index contributed by atoms with van der Waals surface area (Å²) in [7, 11) is 1.27. The van der Waals surface area contributed by atoms with Crippen LogP contribution in [0, 0.1) is 0 Å². The molecule has 0 unspecified atom stereocenters. The number of benzene rings is 2. The van der Waals surface area contributed by atoms with Crippen LogP contribution in [0.25, 0.3) is 0 Å². The summed E-state index contributed by atoms with van der Waals surface area (Å²) in [6.07, 6.45) is -11.1.